The summed E-state index contributed by atoms with van der Waals surface area (Å²) in [6.45, 7) is 3.94. The first-order chi connectivity index (χ1) is 8.99. The zero-order valence-corrected chi connectivity index (χ0v) is 11.1. The minimum Gasteiger partial charge on any atom is -0.298 e. The van der Waals surface area contributed by atoms with E-state index in [-0.39, 0.29) is 5.92 Å². The fourth-order valence-electron chi connectivity index (χ4n) is 1.37. The molecular weight excluding hydrogens is 272 g/mol. The van der Waals surface area contributed by atoms with E-state index in [9.17, 15) is 13.6 Å². The van der Waals surface area contributed by atoms with E-state index in [2.05, 4.69) is 15.3 Å². The second-order valence-electron chi connectivity index (χ2n) is 4.15. The Balaban J connectivity index is 2.18. The predicted molar refractivity (Wildman–Crippen MR) is 68.3 cm³/mol. The summed E-state index contributed by atoms with van der Waals surface area (Å²) in [7, 11) is 0. The van der Waals surface area contributed by atoms with Gasteiger partial charge in [0.1, 0.15) is 0 Å². The van der Waals surface area contributed by atoms with Crippen molar-refractivity contribution in [3.63, 3.8) is 0 Å². The third kappa shape index (κ3) is 2.93. The van der Waals surface area contributed by atoms with Crippen LogP contribution in [-0.4, -0.2) is 15.9 Å². The Bertz CT molecular complexity index is 613. The summed E-state index contributed by atoms with van der Waals surface area (Å²) in [5.74, 6) is -3.07. The Morgan fingerprint density at radius 1 is 1.42 bits per heavy atom. The Kier molecular flexibility index (Phi) is 3.84. The lowest BCUT2D eigenvalue weighted by atomic mass is 10.2. The van der Waals surface area contributed by atoms with E-state index in [4.69, 9.17) is 0 Å². The van der Waals surface area contributed by atoms with Crippen molar-refractivity contribution in [2.75, 3.05) is 5.32 Å². The number of rotatable bonds is 3. The van der Waals surface area contributed by atoms with Crippen LogP contribution >= 0.6 is 11.3 Å². The van der Waals surface area contributed by atoms with Gasteiger partial charge in [0.25, 0.3) is 5.91 Å². The predicted octanol–water partition coefficient (Wildman–Crippen LogP) is 3.19. The van der Waals surface area contributed by atoms with Crippen molar-refractivity contribution in [2.24, 2.45) is 0 Å². The summed E-state index contributed by atoms with van der Waals surface area (Å²) in [6.07, 6.45) is 1.04. The van der Waals surface area contributed by atoms with Crippen LogP contribution in [-0.2, 0) is 0 Å². The first-order valence-electron chi connectivity index (χ1n) is 5.55. The molecule has 1 amide bonds. The average molecular weight is 283 g/mol. The number of carbonyl (C=O) groups is 1. The molecule has 0 atom stereocenters. The van der Waals surface area contributed by atoms with E-state index in [1.54, 1.807) is 0 Å². The van der Waals surface area contributed by atoms with Crippen LogP contribution in [0.5, 0.6) is 0 Å². The number of hydrogen-bond acceptors (Lipinski definition) is 4. The second-order valence-corrected chi connectivity index (χ2v) is 5.01. The molecule has 2 rings (SSSR count). The van der Waals surface area contributed by atoms with E-state index in [0.29, 0.717) is 5.13 Å². The van der Waals surface area contributed by atoms with Gasteiger partial charge in [-0.2, -0.15) is 4.39 Å². The lowest BCUT2D eigenvalue weighted by Gasteiger charge is -2.03. The van der Waals surface area contributed by atoms with Crippen molar-refractivity contribution in [3.05, 3.63) is 40.7 Å². The third-order valence-corrected chi connectivity index (χ3v) is 3.20. The van der Waals surface area contributed by atoms with Gasteiger partial charge >= 0.3 is 0 Å². The maximum atomic E-state index is 13.4. The van der Waals surface area contributed by atoms with Crippen LogP contribution in [0.3, 0.4) is 0 Å². The van der Waals surface area contributed by atoms with Gasteiger partial charge in [-0.15, -0.1) is 11.3 Å². The van der Waals surface area contributed by atoms with Crippen molar-refractivity contribution in [2.45, 2.75) is 19.8 Å². The van der Waals surface area contributed by atoms with Gasteiger partial charge in [-0.05, 0) is 12.0 Å². The van der Waals surface area contributed by atoms with Gasteiger partial charge in [0.05, 0.1) is 11.3 Å². The van der Waals surface area contributed by atoms with Crippen molar-refractivity contribution < 1.29 is 13.6 Å². The fraction of sp³-hybridized carbons (Fsp3) is 0.250. The summed E-state index contributed by atoms with van der Waals surface area (Å²) >= 11 is 1.24. The largest absolute Gasteiger partial charge is 0.298 e. The molecule has 0 aliphatic rings. The van der Waals surface area contributed by atoms with E-state index < -0.39 is 23.2 Å². The molecule has 0 aliphatic carbocycles. The standard InChI is InChI=1S/C12H11F2N3OS/c1-6(2)8-5-19-12(16-8)17-11(18)7-3-4-15-10(14)9(7)13/h3-6H,1-2H3,(H,16,17,18). The van der Waals surface area contributed by atoms with Crippen LogP contribution in [0.4, 0.5) is 13.9 Å². The highest BCUT2D eigenvalue weighted by molar-refractivity contribution is 7.14. The second kappa shape index (κ2) is 5.40. The third-order valence-electron chi connectivity index (χ3n) is 2.43. The van der Waals surface area contributed by atoms with Crippen LogP contribution in [0.15, 0.2) is 17.6 Å². The zero-order chi connectivity index (χ0) is 14.0. The molecule has 0 aromatic carbocycles. The number of anilines is 1. The summed E-state index contributed by atoms with van der Waals surface area (Å²) in [5.41, 5.74) is 0.440. The number of hydrogen-bond donors (Lipinski definition) is 1. The number of aromatic nitrogens is 2. The molecule has 0 fully saturated rings. The van der Waals surface area contributed by atoms with Crippen molar-refractivity contribution in [1.82, 2.24) is 9.97 Å². The minimum absolute atomic E-state index is 0.233. The number of pyridine rings is 1. The van der Waals surface area contributed by atoms with E-state index in [0.717, 1.165) is 18.0 Å². The molecule has 100 valence electrons. The normalized spacial score (nSPS) is 10.8. The van der Waals surface area contributed by atoms with Crippen LogP contribution in [0.2, 0.25) is 0 Å². The molecule has 2 heterocycles. The van der Waals surface area contributed by atoms with Crippen LogP contribution in [0.1, 0.15) is 35.8 Å². The Hall–Kier alpha value is -1.89. The molecule has 4 nitrogen and oxygen atoms in total. The number of carbonyl (C=O) groups excluding carboxylic acids is 1. The maximum Gasteiger partial charge on any atom is 0.260 e. The molecular formula is C12H11F2N3OS. The van der Waals surface area contributed by atoms with Crippen molar-refractivity contribution in [3.8, 4) is 0 Å². The fourth-order valence-corrected chi connectivity index (χ4v) is 2.23. The van der Waals surface area contributed by atoms with Gasteiger partial charge in [0, 0.05) is 11.6 Å². The van der Waals surface area contributed by atoms with Gasteiger partial charge in [-0.1, -0.05) is 13.8 Å². The highest BCUT2D eigenvalue weighted by Crippen LogP contribution is 2.22. The zero-order valence-electron chi connectivity index (χ0n) is 10.3. The summed E-state index contributed by atoms with van der Waals surface area (Å²) in [5, 5.41) is 4.60. The SMILES string of the molecule is CC(C)c1csc(NC(=O)c2ccnc(F)c2F)n1. The van der Waals surface area contributed by atoms with Crippen molar-refractivity contribution >= 4 is 22.4 Å². The highest BCUT2D eigenvalue weighted by atomic mass is 32.1. The van der Waals surface area contributed by atoms with E-state index in [1.807, 2.05) is 19.2 Å². The van der Waals surface area contributed by atoms with E-state index in [1.165, 1.54) is 11.3 Å². The molecule has 2 aromatic heterocycles. The quantitative estimate of drug-likeness (QED) is 0.880. The van der Waals surface area contributed by atoms with Gasteiger partial charge in [-0.3, -0.25) is 10.1 Å². The first kappa shape index (κ1) is 13.5. The Morgan fingerprint density at radius 3 is 2.79 bits per heavy atom. The number of thiazole rings is 1. The topological polar surface area (TPSA) is 54.9 Å². The number of halogens is 2. The molecule has 0 spiro atoms. The molecule has 19 heavy (non-hydrogen) atoms. The molecule has 0 saturated heterocycles. The van der Waals surface area contributed by atoms with Crippen LogP contribution in [0.25, 0.3) is 0 Å². The van der Waals surface area contributed by atoms with Crippen LogP contribution < -0.4 is 5.32 Å². The van der Waals surface area contributed by atoms with Gasteiger partial charge in [0.15, 0.2) is 10.9 Å². The first-order valence-corrected chi connectivity index (χ1v) is 6.43. The molecule has 0 unspecified atom stereocenters. The minimum atomic E-state index is -1.30. The molecule has 1 N–H and O–H groups in total. The van der Waals surface area contributed by atoms with Crippen molar-refractivity contribution in [1.29, 1.82) is 0 Å². The number of nitrogens with one attached hydrogen (secondary N) is 1. The summed E-state index contributed by atoms with van der Waals surface area (Å²) in [6, 6.07) is 1.12. The molecule has 0 saturated carbocycles. The van der Waals surface area contributed by atoms with Gasteiger partial charge in [0.2, 0.25) is 5.95 Å². The molecule has 0 aliphatic heterocycles. The highest BCUT2D eigenvalue weighted by Gasteiger charge is 2.17. The smallest absolute Gasteiger partial charge is 0.260 e. The Morgan fingerprint density at radius 2 is 2.16 bits per heavy atom. The summed E-state index contributed by atoms with van der Waals surface area (Å²) < 4.78 is 26.3. The summed E-state index contributed by atoms with van der Waals surface area (Å²) in [4.78, 5) is 19.1. The molecule has 2 aromatic rings. The maximum absolute atomic E-state index is 13.4. The van der Waals surface area contributed by atoms with Gasteiger partial charge in [-0.25, -0.2) is 14.4 Å². The molecule has 0 bridgehead atoms. The monoisotopic (exact) mass is 283 g/mol. The Labute approximate surface area is 112 Å². The number of amides is 1. The average Bonchev–Trinajstić information content (AvgIpc) is 2.81. The lowest BCUT2D eigenvalue weighted by molar-refractivity contribution is 0.102. The number of nitrogens with zero attached hydrogens (tertiary/aromatic N) is 2. The van der Waals surface area contributed by atoms with E-state index >= 15 is 0 Å². The molecule has 0 radical (unpaired) electrons. The van der Waals surface area contributed by atoms with Crippen LogP contribution in [0, 0.1) is 11.8 Å². The molecule has 7 heteroatoms. The lowest BCUT2D eigenvalue weighted by Crippen LogP contribution is -2.15. The van der Waals surface area contributed by atoms with Gasteiger partial charge < -0.3 is 0 Å².